The lowest BCUT2D eigenvalue weighted by Gasteiger charge is -2.10. The molecule has 1 aromatic carbocycles. The number of rotatable bonds is 6. The highest BCUT2D eigenvalue weighted by Crippen LogP contribution is 2.19. The van der Waals surface area contributed by atoms with Gasteiger partial charge < -0.3 is 10.5 Å². The summed E-state index contributed by atoms with van der Waals surface area (Å²) in [5.74, 6) is -0.564. The average molecular weight is 286 g/mol. The standard InChI is InChI=1S/C12H18N2O4S/c1-9-5-6-10(13)8-11(9)14-19(16,17)7-3-4-12(15)18-2/h5-6,8,14H,3-4,7,13H2,1-2H3. The van der Waals surface area contributed by atoms with Gasteiger partial charge in [-0.05, 0) is 31.0 Å². The number of hydrogen-bond donors (Lipinski definition) is 2. The Morgan fingerprint density at radius 3 is 2.74 bits per heavy atom. The molecular formula is C12H18N2O4S. The van der Waals surface area contributed by atoms with E-state index in [0.717, 1.165) is 5.56 Å². The van der Waals surface area contributed by atoms with Gasteiger partial charge in [0.2, 0.25) is 10.0 Å². The van der Waals surface area contributed by atoms with Crippen molar-refractivity contribution in [2.45, 2.75) is 19.8 Å². The lowest BCUT2D eigenvalue weighted by atomic mass is 10.2. The van der Waals surface area contributed by atoms with Crippen LogP contribution in [-0.4, -0.2) is 27.2 Å². The lowest BCUT2D eigenvalue weighted by molar-refractivity contribution is -0.140. The molecule has 7 heteroatoms. The third-order valence-corrected chi connectivity index (χ3v) is 3.91. The topological polar surface area (TPSA) is 98.5 Å². The fourth-order valence-corrected chi connectivity index (χ4v) is 2.66. The van der Waals surface area contributed by atoms with Crippen LogP contribution < -0.4 is 10.5 Å². The van der Waals surface area contributed by atoms with Gasteiger partial charge >= 0.3 is 5.97 Å². The van der Waals surface area contributed by atoms with E-state index >= 15 is 0 Å². The van der Waals surface area contributed by atoms with E-state index in [4.69, 9.17) is 5.73 Å². The second-order valence-electron chi connectivity index (χ2n) is 4.17. The molecule has 0 amide bonds. The van der Waals surface area contributed by atoms with Crippen molar-refractivity contribution in [3.63, 3.8) is 0 Å². The first-order valence-corrected chi connectivity index (χ1v) is 7.43. The molecule has 0 saturated heterocycles. The molecule has 0 atom stereocenters. The molecule has 6 nitrogen and oxygen atoms in total. The lowest BCUT2D eigenvalue weighted by Crippen LogP contribution is -2.18. The fraction of sp³-hybridized carbons (Fsp3) is 0.417. The van der Waals surface area contributed by atoms with Crippen molar-refractivity contribution in [3.05, 3.63) is 23.8 Å². The second-order valence-corrected chi connectivity index (χ2v) is 6.02. The fourth-order valence-electron chi connectivity index (χ4n) is 1.48. The van der Waals surface area contributed by atoms with Gasteiger partial charge in [-0.25, -0.2) is 8.42 Å². The largest absolute Gasteiger partial charge is 0.469 e. The van der Waals surface area contributed by atoms with Gasteiger partial charge in [-0.1, -0.05) is 6.07 Å². The Labute approximate surface area is 113 Å². The van der Waals surface area contributed by atoms with Crippen molar-refractivity contribution in [2.75, 3.05) is 23.3 Å². The molecule has 19 heavy (non-hydrogen) atoms. The van der Waals surface area contributed by atoms with Gasteiger partial charge in [-0.2, -0.15) is 0 Å². The van der Waals surface area contributed by atoms with Crippen molar-refractivity contribution >= 4 is 27.4 Å². The molecule has 3 N–H and O–H groups in total. The molecule has 0 bridgehead atoms. The van der Waals surface area contributed by atoms with Crippen LogP contribution in [0.15, 0.2) is 18.2 Å². The Balaban J connectivity index is 2.64. The van der Waals surface area contributed by atoms with E-state index in [2.05, 4.69) is 9.46 Å². The van der Waals surface area contributed by atoms with Crippen LogP contribution in [0.1, 0.15) is 18.4 Å². The predicted molar refractivity (Wildman–Crippen MR) is 74.3 cm³/mol. The molecule has 0 aliphatic heterocycles. The van der Waals surface area contributed by atoms with Crippen LogP contribution in [0.4, 0.5) is 11.4 Å². The van der Waals surface area contributed by atoms with E-state index in [-0.39, 0.29) is 18.6 Å². The van der Waals surface area contributed by atoms with Crippen LogP contribution in [-0.2, 0) is 19.6 Å². The maximum absolute atomic E-state index is 11.8. The number of aryl methyl sites for hydroxylation is 1. The third-order valence-electron chi connectivity index (χ3n) is 2.55. The number of esters is 1. The minimum absolute atomic E-state index is 0.0767. The minimum atomic E-state index is -3.49. The number of hydrogen-bond acceptors (Lipinski definition) is 5. The SMILES string of the molecule is COC(=O)CCCS(=O)(=O)Nc1cc(N)ccc1C. The summed E-state index contributed by atoms with van der Waals surface area (Å²) < 4.78 is 30.6. The van der Waals surface area contributed by atoms with Gasteiger partial charge in [-0.3, -0.25) is 9.52 Å². The maximum atomic E-state index is 11.8. The normalized spacial score (nSPS) is 11.1. The zero-order valence-electron chi connectivity index (χ0n) is 11.0. The molecule has 0 aliphatic carbocycles. The first-order chi connectivity index (χ1) is 8.84. The van der Waals surface area contributed by atoms with Gasteiger partial charge in [-0.15, -0.1) is 0 Å². The van der Waals surface area contributed by atoms with Gasteiger partial charge in [0.1, 0.15) is 0 Å². The summed E-state index contributed by atoms with van der Waals surface area (Å²) >= 11 is 0. The number of nitrogens with two attached hydrogens (primary N) is 1. The van der Waals surface area contributed by atoms with Crippen LogP contribution in [0, 0.1) is 6.92 Å². The highest BCUT2D eigenvalue weighted by molar-refractivity contribution is 7.92. The zero-order valence-corrected chi connectivity index (χ0v) is 11.8. The summed E-state index contributed by atoms with van der Waals surface area (Å²) in [4.78, 5) is 10.9. The van der Waals surface area contributed by atoms with E-state index < -0.39 is 16.0 Å². The van der Waals surface area contributed by atoms with E-state index in [1.54, 1.807) is 25.1 Å². The van der Waals surface area contributed by atoms with Crippen molar-refractivity contribution in [1.82, 2.24) is 0 Å². The third kappa shape index (κ3) is 5.17. The second kappa shape index (κ2) is 6.42. The molecule has 0 unspecified atom stereocenters. The Bertz CT molecular complexity index is 555. The molecule has 0 heterocycles. The molecule has 1 aromatic rings. The van der Waals surface area contributed by atoms with E-state index in [1.807, 2.05) is 0 Å². The number of benzene rings is 1. The number of nitrogen functional groups attached to an aromatic ring is 1. The van der Waals surface area contributed by atoms with E-state index in [9.17, 15) is 13.2 Å². The minimum Gasteiger partial charge on any atom is -0.469 e. The number of carbonyl (C=O) groups excluding carboxylic acids is 1. The summed E-state index contributed by atoms with van der Waals surface area (Å²) in [6.45, 7) is 1.78. The van der Waals surface area contributed by atoms with Crippen molar-refractivity contribution in [3.8, 4) is 0 Å². The Kier molecular flexibility index (Phi) is 5.17. The molecule has 0 aromatic heterocycles. The van der Waals surface area contributed by atoms with Crippen molar-refractivity contribution in [1.29, 1.82) is 0 Å². The molecule has 106 valence electrons. The molecule has 0 aliphatic rings. The summed E-state index contributed by atoms with van der Waals surface area (Å²) in [6.07, 6.45) is 0.288. The van der Waals surface area contributed by atoms with Crippen LogP contribution in [0.2, 0.25) is 0 Å². The number of methoxy groups -OCH3 is 1. The molecule has 0 spiro atoms. The number of nitrogens with one attached hydrogen (secondary N) is 1. The van der Waals surface area contributed by atoms with Crippen LogP contribution in [0.5, 0.6) is 0 Å². The number of ether oxygens (including phenoxy) is 1. The smallest absolute Gasteiger partial charge is 0.305 e. The van der Waals surface area contributed by atoms with Crippen LogP contribution >= 0.6 is 0 Å². The summed E-state index contributed by atoms with van der Waals surface area (Å²) in [5, 5.41) is 0. The molecule has 0 radical (unpaired) electrons. The zero-order chi connectivity index (χ0) is 14.5. The predicted octanol–water partition coefficient (Wildman–Crippen LogP) is 1.27. The molecular weight excluding hydrogens is 268 g/mol. The monoisotopic (exact) mass is 286 g/mol. The summed E-state index contributed by atoms with van der Waals surface area (Å²) in [6, 6.07) is 5.00. The van der Waals surface area contributed by atoms with E-state index in [0.29, 0.717) is 11.4 Å². The average Bonchev–Trinajstić information content (AvgIpc) is 2.33. The maximum Gasteiger partial charge on any atom is 0.305 e. The van der Waals surface area contributed by atoms with Gasteiger partial charge in [0, 0.05) is 12.1 Å². The van der Waals surface area contributed by atoms with Crippen molar-refractivity contribution in [2.24, 2.45) is 0 Å². The van der Waals surface area contributed by atoms with Crippen molar-refractivity contribution < 1.29 is 17.9 Å². The van der Waals surface area contributed by atoms with E-state index in [1.165, 1.54) is 7.11 Å². The van der Waals surface area contributed by atoms with Crippen LogP contribution in [0.25, 0.3) is 0 Å². The molecule has 0 fully saturated rings. The Morgan fingerprint density at radius 1 is 1.42 bits per heavy atom. The quantitative estimate of drug-likeness (QED) is 0.606. The highest BCUT2D eigenvalue weighted by Gasteiger charge is 2.13. The summed E-state index contributed by atoms with van der Waals surface area (Å²) in [5.41, 5.74) is 7.33. The Hall–Kier alpha value is -1.76. The van der Waals surface area contributed by atoms with Gasteiger partial charge in [0.15, 0.2) is 0 Å². The van der Waals surface area contributed by atoms with Gasteiger partial charge in [0.05, 0.1) is 18.6 Å². The Morgan fingerprint density at radius 2 is 2.11 bits per heavy atom. The number of anilines is 2. The van der Waals surface area contributed by atoms with Crippen LogP contribution in [0.3, 0.4) is 0 Å². The summed E-state index contributed by atoms with van der Waals surface area (Å²) in [7, 11) is -2.22. The van der Waals surface area contributed by atoms with Gasteiger partial charge in [0.25, 0.3) is 0 Å². The first kappa shape index (κ1) is 15.3. The first-order valence-electron chi connectivity index (χ1n) is 5.77. The highest BCUT2D eigenvalue weighted by atomic mass is 32.2. The number of sulfonamides is 1. The number of carbonyl (C=O) groups is 1. The molecule has 1 rings (SSSR count). The molecule has 0 saturated carbocycles.